The van der Waals surface area contributed by atoms with Crippen LogP contribution in [0.15, 0.2) is 0 Å². The highest BCUT2D eigenvalue weighted by atomic mass is 32.2. The van der Waals surface area contributed by atoms with E-state index in [-0.39, 0.29) is 17.0 Å². The number of hydrogen-bond acceptors (Lipinski definition) is 4. The molecule has 1 aliphatic rings. The topological polar surface area (TPSA) is 63.2 Å². The minimum Gasteiger partial charge on any atom is -0.316 e. The molecule has 0 bridgehead atoms. The summed E-state index contributed by atoms with van der Waals surface area (Å²) in [6.45, 7) is 3.67. The van der Waals surface area contributed by atoms with Crippen LogP contribution in [0.2, 0.25) is 0 Å². The predicted molar refractivity (Wildman–Crippen MR) is 64.2 cm³/mol. The van der Waals surface area contributed by atoms with Gasteiger partial charge in [0.25, 0.3) is 0 Å². The lowest BCUT2D eigenvalue weighted by atomic mass is 9.78. The van der Waals surface area contributed by atoms with Gasteiger partial charge in [0.05, 0.1) is 5.75 Å². The summed E-state index contributed by atoms with van der Waals surface area (Å²) in [6.07, 6.45) is 3.80. The molecule has 0 aromatic heterocycles. The number of rotatable bonds is 6. The lowest BCUT2D eigenvalue weighted by molar-refractivity contribution is -0.128. The molecule has 1 aliphatic heterocycles. The number of carbonyl (C=O) groups is 1. The molecule has 0 radical (unpaired) electrons. The van der Waals surface area contributed by atoms with E-state index < -0.39 is 9.84 Å². The van der Waals surface area contributed by atoms with Gasteiger partial charge in [0.1, 0.15) is 15.6 Å². The summed E-state index contributed by atoms with van der Waals surface area (Å²) in [4.78, 5) is 12.0. The Morgan fingerprint density at radius 2 is 2.12 bits per heavy atom. The second-order valence-corrected chi connectivity index (χ2v) is 6.98. The fourth-order valence-corrected chi connectivity index (χ4v) is 2.91. The molecule has 16 heavy (non-hydrogen) atoms. The van der Waals surface area contributed by atoms with Gasteiger partial charge in [-0.15, -0.1) is 0 Å². The van der Waals surface area contributed by atoms with Crippen LogP contribution in [0, 0.1) is 5.41 Å². The second kappa shape index (κ2) is 5.27. The molecule has 0 aliphatic carbocycles. The van der Waals surface area contributed by atoms with Crippen LogP contribution in [0.4, 0.5) is 0 Å². The average molecular weight is 247 g/mol. The Bertz CT molecular complexity index is 342. The van der Waals surface area contributed by atoms with Crippen LogP contribution in [0.3, 0.4) is 0 Å². The Hall–Kier alpha value is -0.420. The van der Waals surface area contributed by atoms with E-state index in [1.54, 1.807) is 0 Å². The smallest absolute Gasteiger partial charge is 0.147 e. The van der Waals surface area contributed by atoms with Crippen LogP contribution >= 0.6 is 0 Å². The first kappa shape index (κ1) is 13.6. The molecule has 1 fully saturated rings. The third-order valence-electron chi connectivity index (χ3n) is 3.43. The Kier molecular flexibility index (Phi) is 4.50. The first-order chi connectivity index (χ1) is 7.40. The van der Waals surface area contributed by atoms with Crippen molar-refractivity contribution in [2.75, 3.05) is 25.1 Å². The van der Waals surface area contributed by atoms with Gasteiger partial charge in [0.2, 0.25) is 0 Å². The van der Waals surface area contributed by atoms with Crippen LogP contribution in [-0.4, -0.2) is 39.3 Å². The molecule has 0 aromatic rings. The third-order valence-corrected chi connectivity index (χ3v) is 4.46. The monoisotopic (exact) mass is 247 g/mol. The molecule has 0 aromatic carbocycles. The van der Waals surface area contributed by atoms with E-state index in [9.17, 15) is 13.2 Å². The van der Waals surface area contributed by atoms with Gasteiger partial charge in [-0.25, -0.2) is 8.42 Å². The first-order valence-corrected chi connectivity index (χ1v) is 7.87. The van der Waals surface area contributed by atoms with E-state index >= 15 is 0 Å². The fraction of sp³-hybridized carbons (Fsp3) is 0.909. The minimum absolute atomic E-state index is 0.117. The summed E-state index contributed by atoms with van der Waals surface area (Å²) in [5.41, 5.74) is -0.225. The number of hydrogen-bond donors (Lipinski definition) is 1. The van der Waals surface area contributed by atoms with E-state index in [1.165, 1.54) is 6.26 Å². The summed E-state index contributed by atoms with van der Waals surface area (Å²) >= 11 is 0. The van der Waals surface area contributed by atoms with Crippen LogP contribution in [0.5, 0.6) is 0 Å². The Labute approximate surface area is 97.7 Å². The quantitative estimate of drug-likeness (QED) is 0.753. The molecular weight excluding hydrogens is 226 g/mol. The molecule has 1 atom stereocenters. The van der Waals surface area contributed by atoms with Gasteiger partial charge in [-0.1, -0.05) is 6.92 Å². The van der Waals surface area contributed by atoms with Crippen LogP contribution < -0.4 is 5.32 Å². The molecule has 94 valence electrons. The van der Waals surface area contributed by atoms with E-state index in [0.29, 0.717) is 12.8 Å². The minimum atomic E-state index is -2.94. The van der Waals surface area contributed by atoms with Crippen molar-refractivity contribution in [3.05, 3.63) is 0 Å². The number of Topliss-reactive ketones (excluding diaryl/α,β-unsaturated/α-hetero) is 1. The van der Waals surface area contributed by atoms with Gasteiger partial charge in [-0.2, -0.15) is 0 Å². The van der Waals surface area contributed by atoms with E-state index in [0.717, 1.165) is 25.9 Å². The normalized spacial score (nSPS) is 25.9. The summed E-state index contributed by atoms with van der Waals surface area (Å²) in [5.74, 6) is 0.343. The maximum atomic E-state index is 12.0. The van der Waals surface area contributed by atoms with Crippen molar-refractivity contribution in [1.29, 1.82) is 0 Å². The molecule has 1 heterocycles. The van der Waals surface area contributed by atoms with Crippen molar-refractivity contribution in [1.82, 2.24) is 5.32 Å². The zero-order chi connectivity index (χ0) is 12.2. The van der Waals surface area contributed by atoms with Crippen LogP contribution in [0.25, 0.3) is 0 Å². The van der Waals surface area contributed by atoms with Gasteiger partial charge in [0, 0.05) is 24.6 Å². The maximum absolute atomic E-state index is 12.0. The highest BCUT2D eigenvalue weighted by Gasteiger charge is 2.38. The van der Waals surface area contributed by atoms with Crippen LogP contribution in [0.1, 0.15) is 32.6 Å². The molecular formula is C11H21NO3S. The highest BCUT2D eigenvalue weighted by Crippen LogP contribution is 2.32. The molecule has 0 amide bonds. The summed E-state index contributed by atoms with van der Waals surface area (Å²) in [5, 5.41) is 3.21. The van der Waals surface area contributed by atoms with E-state index in [2.05, 4.69) is 5.32 Å². The fourth-order valence-electron chi connectivity index (χ4n) is 2.24. The molecule has 5 heteroatoms. The van der Waals surface area contributed by atoms with Crippen LogP contribution in [-0.2, 0) is 14.6 Å². The molecule has 0 spiro atoms. The van der Waals surface area contributed by atoms with Gasteiger partial charge >= 0.3 is 0 Å². The lowest BCUT2D eigenvalue weighted by Gasteiger charge is -2.24. The molecule has 0 saturated carbocycles. The second-order valence-electron chi connectivity index (χ2n) is 4.72. The molecule has 1 saturated heterocycles. The van der Waals surface area contributed by atoms with Crippen molar-refractivity contribution in [3.8, 4) is 0 Å². The SMILES string of the molecule is CCC1(C(=O)CCCS(C)(=O)=O)CCNC1. The lowest BCUT2D eigenvalue weighted by Crippen LogP contribution is -2.33. The zero-order valence-corrected chi connectivity index (χ0v) is 10.9. The Morgan fingerprint density at radius 1 is 1.44 bits per heavy atom. The Morgan fingerprint density at radius 3 is 2.56 bits per heavy atom. The zero-order valence-electron chi connectivity index (χ0n) is 10.1. The highest BCUT2D eigenvalue weighted by molar-refractivity contribution is 7.90. The Balaban J connectivity index is 2.45. The van der Waals surface area contributed by atoms with E-state index in [4.69, 9.17) is 0 Å². The van der Waals surface area contributed by atoms with E-state index in [1.807, 2.05) is 6.92 Å². The molecule has 1 rings (SSSR count). The van der Waals surface area contributed by atoms with Crippen molar-refractivity contribution in [2.45, 2.75) is 32.6 Å². The predicted octanol–water partition coefficient (Wildman–Crippen LogP) is 0.770. The van der Waals surface area contributed by atoms with Gasteiger partial charge in [-0.05, 0) is 25.8 Å². The summed E-state index contributed by atoms with van der Waals surface area (Å²) in [6, 6.07) is 0. The number of sulfone groups is 1. The van der Waals surface area contributed by atoms with Crippen molar-refractivity contribution in [3.63, 3.8) is 0 Å². The molecule has 4 nitrogen and oxygen atoms in total. The maximum Gasteiger partial charge on any atom is 0.147 e. The number of carbonyl (C=O) groups excluding carboxylic acids is 1. The largest absolute Gasteiger partial charge is 0.316 e. The van der Waals surface area contributed by atoms with Crippen molar-refractivity contribution in [2.24, 2.45) is 5.41 Å². The molecule has 1 unspecified atom stereocenters. The first-order valence-electron chi connectivity index (χ1n) is 5.81. The van der Waals surface area contributed by atoms with Crippen molar-refractivity contribution < 1.29 is 13.2 Å². The van der Waals surface area contributed by atoms with Gasteiger partial charge < -0.3 is 5.32 Å². The molecule has 1 N–H and O–H groups in total. The average Bonchev–Trinajstić information content (AvgIpc) is 2.65. The van der Waals surface area contributed by atoms with Crippen molar-refractivity contribution >= 4 is 15.6 Å². The number of ketones is 1. The summed E-state index contributed by atoms with van der Waals surface area (Å²) < 4.78 is 21.9. The number of nitrogens with one attached hydrogen (secondary N) is 1. The van der Waals surface area contributed by atoms with Gasteiger partial charge in [0.15, 0.2) is 0 Å². The van der Waals surface area contributed by atoms with Gasteiger partial charge in [-0.3, -0.25) is 4.79 Å². The third kappa shape index (κ3) is 3.56. The standard InChI is InChI=1S/C11H21NO3S/c1-3-11(6-7-12-9-11)10(13)5-4-8-16(2,14)15/h12H,3-9H2,1-2H3. The summed E-state index contributed by atoms with van der Waals surface area (Å²) in [7, 11) is -2.94.